The number of amides is 1. The van der Waals surface area contributed by atoms with E-state index in [9.17, 15) is 4.79 Å². The fourth-order valence-corrected chi connectivity index (χ4v) is 4.02. The monoisotopic (exact) mass is 460 g/mol. The van der Waals surface area contributed by atoms with Crippen molar-refractivity contribution in [3.63, 3.8) is 0 Å². The van der Waals surface area contributed by atoms with Crippen LogP contribution in [0.5, 0.6) is 11.5 Å². The molecule has 0 unspecified atom stereocenters. The van der Waals surface area contributed by atoms with Gasteiger partial charge in [0.2, 0.25) is 5.91 Å². The molecule has 3 aromatic carbocycles. The number of benzene rings is 3. The average molecular weight is 461 g/mol. The summed E-state index contributed by atoms with van der Waals surface area (Å²) in [7, 11) is 1.60. The Labute approximate surface area is 196 Å². The van der Waals surface area contributed by atoms with E-state index in [1.807, 2.05) is 90.4 Å². The highest BCUT2D eigenvalue weighted by atomic mass is 32.2. The first-order valence-corrected chi connectivity index (χ1v) is 11.4. The highest BCUT2D eigenvalue weighted by Gasteiger charge is 2.17. The number of hydrogen-bond donors (Lipinski definition) is 1. The van der Waals surface area contributed by atoms with Gasteiger partial charge in [0.1, 0.15) is 6.61 Å². The molecular weight excluding hydrogens is 436 g/mol. The minimum absolute atomic E-state index is 0.111. The zero-order valence-electron chi connectivity index (χ0n) is 18.4. The topological polar surface area (TPSA) is 78.3 Å². The van der Waals surface area contributed by atoms with E-state index < -0.39 is 0 Å². The number of aryl methyl sites for hydroxylation is 1. The predicted molar refractivity (Wildman–Crippen MR) is 129 cm³/mol. The fourth-order valence-electron chi connectivity index (χ4n) is 3.25. The second kappa shape index (κ2) is 10.7. The third-order valence-electron chi connectivity index (χ3n) is 4.77. The van der Waals surface area contributed by atoms with Crippen molar-refractivity contribution in [1.29, 1.82) is 0 Å². The van der Waals surface area contributed by atoms with Crippen molar-refractivity contribution in [3.05, 3.63) is 90.3 Å². The van der Waals surface area contributed by atoms with Gasteiger partial charge < -0.3 is 14.8 Å². The molecule has 7 nitrogen and oxygen atoms in total. The Hall–Kier alpha value is -3.78. The Morgan fingerprint density at radius 2 is 1.73 bits per heavy atom. The smallest absolute Gasteiger partial charge is 0.234 e. The number of rotatable bonds is 9. The van der Waals surface area contributed by atoms with E-state index in [1.165, 1.54) is 11.8 Å². The first-order valence-electron chi connectivity index (χ1n) is 10.4. The molecule has 4 aromatic rings. The number of ether oxygens (including phenoxy) is 2. The zero-order chi connectivity index (χ0) is 23.0. The van der Waals surface area contributed by atoms with Gasteiger partial charge in [-0.1, -0.05) is 54.2 Å². The van der Waals surface area contributed by atoms with Crippen LogP contribution in [0.2, 0.25) is 0 Å². The first-order chi connectivity index (χ1) is 16.1. The van der Waals surface area contributed by atoms with Gasteiger partial charge in [0.15, 0.2) is 22.5 Å². The summed E-state index contributed by atoms with van der Waals surface area (Å²) in [6.45, 7) is 2.18. The van der Waals surface area contributed by atoms with Crippen LogP contribution in [0.3, 0.4) is 0 Å². The number of anilines is 1. The lowest BCUT2D eigenvalue weighted by atomic mass is 10.2. The summed E-state index contributed by atoms with van der Waals surface area (Å²) in [5.74, 6) is 1.97. The minimum atomic E-state index is -0.111. The number of carbonyl (C=O) groups is 1. The Balaban J connectivity index is 1.50. The number of hydrogen-bond acceptors (Lipinski definition) is 6. The zero-order valence-corrected chi connectivity index (χ0v) is 19.2. The Morgan fingerprint density at radius 1 is 0.970 bits per heavy atom. The van der Waals surface area contributed by atoms with Crippen LogP contribution in [0, 0.1) is 6.92 Å². The summed E-state index contributed by atoms with van der Waals surface area (Å²) in [5.41, 5.74) is 2.75. The van der Waals surface area contributed by atoms with E-state index >= 15 is 0 Å². The Bertz CT molecular complexity index is 1230. The van der Waals surface area contributed by atoms with Gasteiger partial charge in [0, 0.05) is 11.4 Å². The van der Waals surface area contributed by atoms with E-state index in [0.29, 0.717) is 22.5 Å². The van der Waals surface area contributed by atoms with Crippen LogP contribution in [-0.4, -0.2) is 33.5 Å². The number of para-hydroxylation sites is 3. The van der Waals surface area contributed by atoms with E-state index in [0.717, 1.165) is 16.9 Å². The number of thioether (sulfide) groups is 1. The molecular formula is C25H24N4O3S. The van der Waals surface area contributed by atoms with Gasteiger partial charge in [0.25, 0.3) is 0 Å². The number of nitrogens with zero attached hydrogens (tertiary/aromatic N) is 3. The summed E-state index contributed by atoms with van der Waals surface area (Å²) < 4.78 is 13.2. The molecule has 1 heterocycles. The summed E-state index contributed by atoms with van der Waals surface area (Å²) in [6, 6.07) is 24.9. The molecule has 0 spiro atoms. The standard InChI is InChI=1S/C25H24N4O3S/c1-18-9-8-10-19(15-18)26-24(30)17-33-25-28-27-23(29(25)20-11-4-3-5-12-20)16-32-22-14-7-6-13-21(22)31-2/h3-15H,16-17H2,1-2H3,(H,26,30). The van der Waals surface area contributed by atoms with Crippen molar-refractivity contribution in [2.75, 3.05) is 18.2 Å². The van der Waals surface area contributed by atoms with Crippen molar-refractivity contribution < 1.29 is 14.3 Å². The van der Waals surface area contributed by atoms with Crippen LogP contribution in [0.25, 0.3) is 5.69 Å². The SMILES string of the molecule is COc1ccccc1OCc1nnc(SCC(=O)Nc2cccc(C)c2)n1-c1ccccc1. The van der Waals surface area contributed by atoms with E-state index in [1.54, 1.807) is 7.11 Å². The number of aromatic nitrogens is 3. The van der Waals surface area contributed by atoms with Gasteiger partial charge in [-0.25, -0.2) is 0 Å². The van der Waals surface area contributed by atoms with Gasteiger partial charge in [-0.05, 0) is 48.9 Å². The van der Waals surface area contributed by atoms with Gasteiger partial charge >= 0.3 is 0 Å². The second-order valence-electron chi connectivity index (χ2n) is 7.22. The summed E-state index contributed by atoms with van der Waals surface area (Å²) in [6.07, 6.45) is 0. The molecule has 1 aromatic heterocycles. The average Bonchev–Trinajstić information content (AvgIpc) is 3.25. The van der Waals surface area contributed by atoms with Crippen molar-refractivity contribution >= 4 is 23.4 Å². The first kappa shape index (κ1) is 22.4. The third kappa shape index (κ3) is 5.72. The maximum Gasteiger partial charge on any atom is 0.234 e. The highest BCUT2D eigenvalue weighted by Crippen LogP contribution is 2.28. The highest BCUT2D eigenvalue weighted by molar-refractivity contribution is 7.99. The molecule has 0 atom stereocenters. The second-order valence-corrected chi connectivity index (χ2v) is 8.16. The van der Waals surface area contributed by atoms with Crippen molar-refractivity contribution in [2.45, 2.75) is 18.7 Å². The Morgan fingerprint density at radius 3 is 2.48 bits per heavy atom. The van der Waals surface area contributed by atoms with Crippen LogP contribution < -0.4 is 14.8 Å². The predicted octanol–water partition coefficient (Wildman–Crippen LogP) is 4.89. The lowest BCUT2D eigenvalue weighted by Gasteiger charge is -2.12. The molecule has 0 aliphatic carbocycles. The summed E-state index contributed by atoms with van der Waals surface area (Å²) in [5, 5.41) is 12.2. The van der Waals surface area contributed by atoms with E-state index in [-0.39, 0.29) is 18.3 Å². The fraction of sp³-hybridized carbons (Fsp3) is 0.160. The van der Waals surface area contributed by atoms with Gasteiger partial charge in [0.05, 0.1) is 12.9 Å². The molecule has 1 amide bonds. The maximum absolute atomic E-state index is 12.5. The van der Waals surface area contributed by atoms with Crippen LogP contribution >= 0.6 is 11.8 Å². The maximum atomic E-state index is 12.5. The number of methoxy groups -OCH3 is 1. The quantitative estimate of drug-likeness (QED) is 0.358. The van der Waals surface area contributed by atoms with E-state index in [2.05, 4.69) is 15.5 Å². The third-order valence-corrected chi connectivity index (χ3v) is 5.70. The normalized spacial score (nSPS) is 10.6. The summed E-state index contributed by atoms with van der Waals surface area (Å²) >= 11 is 1.32. The molecule has 33 heavy (non-hydrogen) atoms. The molecule has 1 N–H and O–H groups in total. The molecule has 0 saturated carbocycles. The molecule has 168 valence electrons. The molecule has 0 aliphatic rings. The van der Waals surface area contributed by atoms with Crippen LogP contribution in [0.1, 0.15) is 11.4 Å². The van der Waals surface area contributed by atoms with Crippen molar-refractivity contribution in [2.24, 2.45) is 0 Å². The molecule has 8 heteroatoms. The minimum Gasteiger partial charge on any atom is -0.493 e. The van der Waals surface area contributed by atoms with E-state index in [4.69, 9.17) is 9.47 Å². The molecule has 0 radical (unpaired) electrons. The van der Waals surface area contributed by atoms with Gasteiger partial charge in [-0.15, -0.1) is 10.2 Å². The lowest BCUT2D eigenvalue weighted by molar-refractivity contribution is -0.113. The summed E-state index contributed by atoms with van der Waals surface area (Å²) in [4.78, 5) is 12.5. The van der Waals surface area contributed by atoms with Crippen LogP contribution in [-0.2, 0) is 11.4 Å². The van der Waals surface area contributed by atoms with Crippen molar-refractivity contribution in [1.82, 2.24) is 14.8 Å². The molecule has 0 fully saturated rings. The molecule has 0 saturated heterocycles. The van der Waals surface area contributed by atoms with Gasteiger partial charge in [-0.3, -0.25) is 9.36 Å². The van der Waals surface area contributed by atoms with Gasteiger partial charge in [-0.2, -0.15) is 0 Å². The van der Waals surface area contributed by atoms with Crippen LogP contribution in [0.4, 0.5) is 5.69 Å². The van der Waals surface area contributed by atoms with Crippen LogP contribution in [0.15, 0.2) is 84.0 Å². The lowest BCUT2D eigenvalue weighted by Crippen LogP contribution is -2.15. The largest absolute Gasteiger partial charge is 0.493 e. The number of carbonyl (C=O) groups excluding carboxylic acids is 1. The molecule has 0 bridgehead atoms. The van der Waals surface area contributed by atoms with Crippen molar-refractivity contribution in [3.8, 4) is 17.2 Å². The molecule has 0 aliphatic heterocycles. The Kier molecular flexibility index (Phi) is 7.26. The number of nitrogens with one attached hydrogen (secondary N) is 1. The molecule has 4 rings (SSSR count).